The topological polar surface area (TPSA) is 35.6 Å². The first-order chi connectivity index (χ1) is 7.52. The Hall–Kier alpha value is -0.610. The first kappa shape index (κ1) is 13.5. The SMILES string of the molecule is CC1CNCC1C(=O)N(C)CCCN(C)C. The predicted octanol–water partition coefficient (Wildman–Crippen LogP) is 0.252. The van der Waals surface area contributed by atoms with Gasteiger partial charge in [0.05, 0.1) is 5.92 Å². The number of carbonyl (C=O) groups is 1. The number of hydrogen-bond donors (Lipinski definition) is 1. The van der Waals surface area contributed by atoms with Crippen LogP contribution in [0.4, 0.5) is 0 Å². The highest BCUT2D eigenvalue weighted by Crippen LogP contribution is 2.17. The maximum absolute atomic E-state index is 12.1. The predicted molar refractivity (Wildman–Crippen MR) is 66.3 cm³/mol. The smallest absolute Gasteiger partial charge is 0.227 e. The molecule has 2 unspecified atom stereocenters. The molecule has 1 amide bonds. The third-order valence-corrected chi connectivity index (χ3v) is 3.31. The largest absolute Gasteiger partial charge is 0.345 e. The average molecular weight is 227 g/mol. The quantitative estimate of drug-likeness (QED) is 0.731. The van der Waals surface area contributed by atoms with Crippen molar-refractivity contribution in [3.8, 4) is 0 Å². The summed E-state index contributed by atoms with van der Waals surface area (Å²) in [6, 6.07) is 0. The van der Waals surface area contributed by atoms with Crippen molar-refractivity contribution in [3.05, 3.63) is 0 Å². The van der Waals surface area contributed by atoms with Gasteiger partial charge >= 0.3 is 0 Å². The Balaban J connectivity index is 2.30. The maximum atomic E-state index is 12.1. The Bertz CT molecular complexity index is 230. The first-order valence-corrected chi connectivity index (χ1v) is 6.12. The number of rotatable bonds is 5. The molecule has 1 heterocycles. The fourth-order valence-corrected chi connectivity index (χ4v) is 2.16. The third kappa shape index (κ3) is 3.76. The standard InChI is InChI=1S/C12H25N3O/c1-10-8-13-9-11(10)12(16)15(4)7-5-6-14(2)3/h10-11,13H,5-9H2,1-4H3. The van der Waals surface area contributed by atoms with Gasteiger partial charge in [0.15, 0.2) is 0 Å². The Kier molecular flexibility index (Phi) is 5.22. The number of amides is 1. The van der Waals surface area contributed by atoms with E-state index in [0.29, 0.717) is 11.8 Å². The minimum atomic E-state index is 0.185. The molecule has 4 nitrogen and oxygen atoms in total. The van der Waals surface area contributed by atoms with Crippen LogP contribution in [0.5, 0.6) is 0 Å². The second-order valence-corrected chi connectivity index (χ2v) is 5.16. The van der Waals surface area contributed by atoms with Crippen LogP contribution in [0.15, 0.2) is 0 Å². The second-order valence-electron chi connectivity index (χ2n) is 5.16. The number of hydrogen-bond acceptors (Lipinski definition) is 3. The monoisotopic (exact) mass is 227 g/mol. The minimum absolute atomic E-state index is 0.185. The summed E-state index contributed by atoms with van der Waals surface area (Å²) in [5, 5.41) is 3.28. The molecule has 0 saturated carbocycles. The van der Waals surface area contributed by atoms with Gasteiger partial charge in [0.25, 0.3) is 0 Å². The Labute approximate surface area is 99.0 Å². The summed E-state index contributed by atoms with van der Waals surface area (Å²) in [5.41, 5.74) is 0. The van der Waals surface area contributed by atoms with Crippen LogP contribution >= 0.6 is 0 Å². The van der Waals surface area contributed by atoms with Crippen molar-refractivity contribution in [2.75, 3.05) is 47.3 Å². The van der Waals surface area contributed by atoms with E-state index in [1.807, 2.05) is 11.9 Å². The van der Waals surface area contributed by atoms with E-state index in [4.69, 9.17) is 0 Å². The molecule has 0 aromatic carbocycles. The summed E-state index contributed by atoms with van der Waals surface area (Å²) in [6.45, 7) is 5.87. The second kappa shape index (κ2) is 6.21. The molecular formula is C12H25N3O. The number of carbonyl (C=O) groups excluding carboxylic acids is 1. The fraction of sp³-hybridized carbons (Fsp3) is 0.917. The summed E-state index contributed by atoms with van der Waals surface area (Å²) in [6.07, 6.45) is 1.05. The van der Waals surface area contributed by atoms with Crippen LogP contribution < -0.4 is 5.32 Å². The van der Waals surface area contributed by atoms with E-state index in [9.17, 15) is 4.79 Å². The van der Waals surface area contributed by atoms with Crippen LogP contribution in [0.1, 0.15) is 13.3 Å². The average Bonchev–Trinajstić information content (AvgIpc) is 2.62. The summed E-state index contributed by atoms with van der Waals surface area (Å²) in [7, 11) is 6.04. The summed E-state index contributed by atoms with van der Waals surface area (Å²) in [4.78, 5) is 16.1. The molecule has 1 rings (SSSR count). The van der Waals surface area contributed by atoms with E-state index < -0.39 is 0 Å². The van der Waals surface area contributed by atoms with E-state index in [2.05, 4.69) is 31.2 Å². The summed E-state index contributed by atoms with van der Waals surface area (Å²) >= 11 is 0. The lowest BCUT2D eigenvalue weighted by Crippen LogP contribution is -2.37. The van der Waals surface area contributed by atoms with E-state index in [-0.39, 0.29) is 5.92 Å². The van der Waals surface area contributed by atoms with Gasteiger partial charge in [-0.05, 0) is 39.5 Å². The summed E-state index contributed by atoms with van der Waals surface area (Å²) < 4.78 is 0. The third-order valence-electron chi connectivity index (χ3n) is 3.31. The van der Waals surface area contributed by atoms with E-state index in [1.54, 1.807) is 0 Å². The van der Waals surface area contributed by atoms with Crippen LogP contribution in [0.3, 0.4) is 0 Å². The fourth-order valence-electron chi connectivity index (χ4n) is 2.16. The van der Waals surface area contributed by atoms with Crippen molar-refractivity contribution >= 4 is 5.91 Å². The van der Waals surface area contributed by atoms with Gasteiger partial charge in [0.2, 0.25) is 5.91 Å². The normalized spacial score (nSPS) is 25.1. The van der Waals surface area contributed by atoms with Crippen molar-refractivity contribution < 1.29 is 4.79 Å². The molecule has 16 heavy (non-hydrogen) atoms. The molecule has 94 valence electrons. The minimum Gasteiger partial charge on any atom is -0.345 e. The lowest BCUT2D eigenvalue weighted by atomic mass is 9.97. The Morgan fingerprint density at radius 2 is 1.94 bits per heavy atom. The number of nitrogens with one attached hydrogen (secondary N) is 1. The highest BCUT2D eigenvalue weighted by molar-refractivity contribution is 5.79. The molecular weight excluding hydrogens is 202 g/mol. The van der Waals surface area contributed by atoms with Gasteiger partial charge in [-0.15, -0.1) is 0 Å². The molecule has 0 spiro atoms. The van der Waals surface area contributed by atoms with E-state index in [0.717, 1.165) is 32.6 Å². The van der Waals surface area contributed by atoms with Crippen LogP contribution in [0.2, 0.25) is 0 Å². The van der Waals surface area contributed by atoms with E-state index in [1.165, 1.54) is 0 Å². The molecule has 0 radical (unpaired) electrons. The Morgan fingerprint density at radius 3 is 2.44 bits per heavy atom. The van der Waals surface area contributed by atoms with Crippen molar-refractivity contribution in [1.29, 1.82) is 0 Å². The lowest BCUT2D eigenvalue weighted by Gasteiger charge is -2.23. The van der Waals surface area contributed by atoms with Gasteiger partial charge < -0.3 is 15.1 Å². The van der Waals surface area contributed by atoms with Crippen molar-refractivity contribution in [2.45, 2.75) is 13.3 Å². The molecule has 1 N–H and O–H groups in total. The van der Waals surface area contributed by atoms with Crippen LogP contribution in [0, 0.1) is 11.8 Å². The van der Waals surface area contributed by atoms with Crippen LogP contribution in [-0.4, -0.2) is 63.0 Å². The molecule has 4 heteroatoms. The molecule has 1 aliphatic rings. The van der Waals surface area contributed by atoms with Gasteiger partial charge in [-0.2, -0.15) is 0 Å². The molecule has 0 aromatic rings. The molecule has 1 fully saturated rings. The van der Waals surface area contributed by atoms with Gasteiger partial charge in [0, 0.05) is 20.1 Å². The lowest BCUT2D eigenvalue weighted by molar-refractivity contribution is -0.134. The maximum Gasteiger partial charge on any atom is 0.227 e. The van der Waals surface area contributed by atoms with Crippen molar-refractivity contribution in [1.82, 2.24) is 15.1 Å². The van der Waals surface area contributed by atoms with Gasteiger partial charge in [-0.1, -0.05) is 6.92 Å². The molecule has 1 aliphatic heterocycles. The Morgan fingerprint density at radius 1 is 1.25 bits per heavy atom. The van der Waals surface area contributed by atoms with Gasteiger partial charge in [-0.3, -0.25) is 4.79 Å². The van der Waals surface area contributed by atoms with Gasteiger partial charge in [-0.25, -0.2) is 0 Å². The van der Waals surface area contributed by atoms with Crippen LogP contribution in [-0.2, 0) is 4.79 Å². The van der Waals surface area contributed by atoms with Crippen molar-refractivity contribution in [3.63, 3.8) is 0 Å². The van der Waals surface area contributed by atoms with E-state index >= 15 is 0 Å². The summed E-state index contributed by atoms with van der Waals surface area (Å²) in [5.74, 6) is 0.962. The zero-order valence-electron chi connectivity index (χ0n) is 11.0. The van der Waals surface area contributed by atoms with Crippen molar-refractivity contribution in [2.24, 2.45) is 11.8 Å². The molecule has 1 saturated heterocycles. The van der Waals surface area contributed by atoms with Gasteiger partial charge in [0.1, 0.15) is 0 Å². The highest BCUT2D eigenvalue weighted by Gasteiger charge is 2.31. The molecule has 0 aromatic heterocycles. The first-order valence-electron chi connectivity index (χ1n) is 6.12. The zero-order valence-corrected chi connectivity index (χ0v) is 11.0. The molecule has 2 atom stereocenters. The van der Waals surface area contributed by atoms with Crippen LogP contribution in [0.25, 0.3) is 0 Å². The number of nitrogens with zero attached hydrogens (tertiary/aromatic N) is 2. The zero-order chi connectivity index (χ0) is 12.1. The molecule has 0 aliphatic carbocycles. The molecule has 0 bridgehead atoms. The highest BCUT2D eigenvalue weighted by atomic mass is 16.2.